The van der Waals surface area contributed by atoms with Gasteiger partial charge >= 0.3 is 0 Å². The molecule has 132 valence electrons. The monoisotopic (exact) mass is 376 g/mol. The summed E-state index contributed by atoms with van der Waals surface area (Å²) in [6.07, 6.45) is 5.19. The molecule has 0 N–H and O–H groups in total. The van der Waals surface area contributed by atoms with Crippen molar-refractivity contribution in [3.8, 4) is 22.7 Å². The van der Waals surface area contributed by atoms with Crippen molar-refractivity contribution >= 4 is 33.5 Å². The minimum atomic E-state index is 0.412. The zero-order valence-electron chi connectivity index (χ0n) is 14.5. The first kappa shape index (κ1) is 15.9. The molecule has 5 rings (SSSR count). The van der Waals surface area contributed by atoms with Gasteiger partial charge in [-0.25, -0.2) is 9.97 Å². The maximum Gasteiger partial charge on any atom is 0.229 e. The maximum absolute atomic E-state index is 6.10. The number of hydrogen-bond acceptors (Lipinski definition) is 6. The molecule has 0 atom stereocenters. The van der Waals surface area contributed by atoms with Crippen LogP contribution in [0.15, 0.2) is 47.3 Å². The van der Waals surface area contributed by atoms with Gasteiger partial charge < -0.3 is 4.42 Å². The molecule has 7 nitrogen and oxygen atoms in total. The van der Waals surface area contributed by atoms with Crippen molar-refractivity contribution < 1.29 is 4.42 Å². The second-order valence-corrected chi connectivity index (χ2v) is 6.62. The van der Waals surface area contributed by atoms with Crippen LogP contribution in [0, 0.1) is 6.92 Å². The van der Waals surface area contributed by atoms with E-state index in [1.54, 1.807) is 31.7 Å². The predicted molar refractivity (Wildman–Crippen MR) is 102 cm³/mol. The molecule has 1 aromatic carbocycles. The number of fused-ring (bicyclic) bond motifs is 2. The molecule has 4 heterocycles. The highest BCUT2D eigenvalue weighted by molar-refractivity contribution is 6.30. The molecule has 0 radical (unpaired) electrons. The number of rotatable bonds is 2. The number of nitrogens with zero attached hydrogens (tertiary/aromatic N) is 6. The zero-order chi connectivity index (χ0) is 18.5. The van der Waals surface area contributed by atoms with Gasteiger partial charge in [0, 0.05) is 41.5 Å². The third-order valence-corrected chi connectivity index (χ3v) is 4.66. The number of oxazole rings is 1. The summed E-state index contributed by atoms with van der Waals surface area (Å²) in [5.41, 5.74) is 4.78. The van der Waals surface area contributed by atoms with E-state index in [2.05, 4.69) is 25.1 Å². The molecule has 0 aliphatic carbocycles. The normalized spacial score (nSPS) is 11.5. The molecule has 0 spiro atoms. The van der Waals surface area contributed by atoms with Gasteiger partial charge in [-0.05, 0) is 31.2 Å². The predicted octanol–water partition coefficient (Wildman–Crippen LogP) is 4.20. The quantitative estimate of drug-likeness (QED) is 0.429. The van der Waals surface area contributed by atoms with Crippen LogP contribution in [-0.4, -0.2) is 29.9 Å². The first-order chi connectivity index (χ1) is 13.1. The lowest BCUT2D eigenvalue weighted by Crippen LogP contribution is -1.91. The van der Waals surface area contributed by atoms with E-state index in [0.29, 0.717) is 16.6 Å². The molecular formula is C19H13ClN6O. The van der Waals surface area contributed by atoms with Crippen molar-refractivity contribution in [1.29, 1.82) is 0 Å². The lowest BCUT2D eigenvalue weighted by Gasteiger charge is -2.05. The number of aromatic nitrogens is 6. The average Bonchev–Trinajstić information content (AvgIpc) is 3.27. The van der Waals surface area contributed by atoms with Crippen LogP contribution in [0.4, 0.5) is 0 Å². The molecule has 0 amide bonds. The van der Waals surface area contributed by atoms with E-state index >= 15 is 0 Å². The number of hydrogen-bond donors (Lipinski definition) is 0. The molecule has 0 aliphatic heterocycles. The molecule has 0 bridgehead atoms. The second kappa shape index (κ2) is 5.85. The van der Waals surface area contributed by atoms with Crippen LogP contribution in [0.5, 0.6) is 0 Å². The van der Waals surface area contributed by atoms with E-state index in [0.717, 1.165) is 38.8 Å². The van der Waals surface area contributed by atoms with E-state index in [1.165, 1.54) is 4.80 Å². The summed E-state index contributed by atoms with van der Waals surface area (Å²) >= 11 is 6.10. The molecule has 4 aromatic heterocycles. The largest absolute Gasteiger partial charge is 0.436 e. The van der Waals surface area contributed by atoms with Crippen molar-refractivity contribution in [3.05, 3.63) is 53.7 Å². The zero-order valence-corrected chi connectivity index (χ0v) is 15.3. The number of pyridine rings is 2. The Balaban J connectivity index is 1.69. The van der Waals surface area contributed by atoms with E-state index in [9.17, 15) is 0 Å². The van der Waals surface area contributed by atoms with E-state index in [4.69, 9.17) is 16.0 Å². The van der Waals surface area contributed by atoms with Crippen LogP contribution in [0.2, 0.25) is 5.15 Å². The fourth-order valence-corrected chi connectivity index (χ4v) is 3.25. The highest BCUT2D eigenvalue weighted by atomic mass is 35.5. The van der Waals surface area contributed by atoms with Crippen LogP contribution in [0.3, 0.4) is 0 Å². The Hall–Kier alpha value is -3.32. The van der Waals surface area contributed by atoms with Gasteiger partial charge in [0.1, 0.15) is 16.4 Å². The Morgan fingerprint density at radius 1 is 1.04 bits per heavy atom. The van der Waals surface area contributed by atoms with Gasteiger partial charge in [0.05, 0.1) is 11.8 Å². The number of halogens is 1. The van der Waals surface area contributed by atoms with E-state index in [-0.39, 0.29) is 0 Å². The number of benzene rings is 1. The van der Waals surface area contributed by atoms with Crippen molar-refractivity contribution in [2.45, 2.75) is 6.92 Å². The van der Waals surface area contributed by atoms with Crippen molar-refractivity contribution in [2.75, 3.05) is 0 Å². The average molecular weight is 377 g/mol. The lowest BCUT2D eigenvalue weighted by atomic mass is 10.1. The Morgan fingerprint density at radius 2 is 1.93 bits per heavy atom. The van der Waals surface area contributed by atoms with Gasteiger partial charge in [-0.2, -0.15) is 15.0 Å². The van der Waals surface area contributed by atoms with Gasteiger partial charge in [0.2, 0.25) is 5.89 Å². The fourth-order valence-electron chi connectivity index (χ4n) is 3.09. The van der Waals surface area contributed by atoms with Crippen LogP contribution in [0.1, 0.15) is 5.69 Å². The summed E-state index contributed by atoms with van der Waals surface area (Å²) < 4.78 is 5.98. The summed E-state index contributed by atoms with van der Waals surface area (Å²) in [7, 11) is 1.78. The minimum Gasteiger partial charge on any atom is -0.436 e. The van der Waals surface area contributed by atoms with E-state index in [1.807, 2.05) is 25.1 Å². The van der Waals surface area contributed by atoms with Crippen molar-refractivity contribution in [3.63, 3.8) is 0 Å². The maximum atomic E-state index is 6.10. The number of aryl methyl sites for hydroxylation is 2. The molecule has 0 fully saturated rings. The first-order valence-corrected chi connectivity index (χ1v) is 8.65. The second-order valence-electron chi connectivity index (χ2n) is 6.23. The summed E-state index contributed by atoms with van der Waals surface area (Å²) in [5.74, 6) is 0.487. The molecule has 0 saturated carbocycles. The molecule has 0 unspecified atom stereocenters. The first-order valence-electron chi connectivity index (χ1n) is 8.27. The van der Waals surface area contributed by atoms with Gasteiger partial charge in [0.25, 0.3) is 0 Å². The molecule has 0 aliphatic rings. The standard InChI is InChI=1S/C19H13ClN6O/c1-10-13-7-22-18(20)6-12(13)14(8-21-10)19-24-15-5-11(3-4-17(15)27-19)16-9-23-26(2)25-16/h3-9H,1-2H3. The van der Waals surface area contributed by atoms with Crippen LogP contribution < -0.4 is 0 Å². The minimum absolute atomic E-state index is 0.412. The SMILES string of the molecule is Cc1ncc(-c2nc3cc(-c4cnn(C)n4)ccc3o2)c2cc(Cl)ncc12. The summed E-state index contributed by atoms with van der Waals surface area (Å²) in [5, 5.41) is 10.7. The molecular weight excluding hydrogens is 364 g/mol. The smallest absolute Gasteiger partial charge is 0.229 e. The molecule has 27 heavy (non-hydrogen) atoms. The Labute approximate surface area is 158 Å². The van der Waals surface area contributed by atoms with Gasteiger partial charge in [-0.3, -0.25) is 4.98 Å². The van der Waals surface area contributed by atoms with E-state index < -0.39 is 0 Å². The highest BCUT2D eigenvalue weighted by Gasteiger charge is 2.15. The Bertz CT molecular complexity index is 1320. The molecule has 0 saturated heterocycles. The van der Waals surface area contributed by atoms with Gasteiger partial charge in [-0.1, -0.05) is 11.6 Å². The van der Waals surface area contributed by atoms with Gasteiger partial charge in [-0.15, -0.1) is 0 Å². The molecule has 8 heteroatoms. The van der Waals surface area contributed by atoms with Crippen molar-refractivity contribution in [2.24, 2.45) is 7.05 Å². The third-order valence-electron chi connectivity index (χ3n) is 4.45. The summed E-state index contributed by atoms with van der Waals surface area (Å²) in [6.45, 7) is 1.93. The Morgan fingerprint density at radius 3 is 2.74 bits per heavy atom. The fraction of sp³-hybridized carbons (Fsp3) is 0.105. The molecule has 5 aromatic rings. The van der Waals surface area contributed by atoms with Crippen LogP contribution in [-0.2, 0) is 7.05 Å². The topological polar surface area (TPSA) is 82.5 Å². The third kappa shape index (κ3) is 2.63. The Kier molecular flexibility index (Phi) is 3.45. The van der Waals surface area contributed by atoms with Crippen LogP contribution in [0.25, 0.3) is 44.6 Å². The summed E-state index contributed by atoms with van der Waals surface area (Å²) in [6, 6.07) is 7.56. The van der Waals surface area contributed by atoms with Crippen molar-refractivity contribution in [1.82, 2.24) is 29.9 Å². The lowest BCUT2D eigenvalue weighted by molar-refractivity contribution is 0.620. The summed E-state index contributed by atoms with van der Waals surface area (Å²) in [4.78, 5) is 14.8. The van der Waals surface area contributed by atoms with Crippen LogP contribution >= 0.6 is 11.6 Å². The van der Waals surface area contributed by atoms with Gasteiger partial charge in [0.15, 0.2) is 5.58 Å². The highest BCUT2D eigenvalue weighted by Crippen LogP contribution is 2.33.